The SMILES string of the molecule is CCC(Cl)CN1CCOCC1.Cl. The highest BCUT2D eigenvalue weighted by Gasteiger charge is 2.12. The van der Waals surface area contributed by atoms with Gasteiger partial charge in [-0.2, -0.15) is 0 Å². The fourth-order valence-electron chi connectivity index (χ4n) is 1.19. The van der Waals surface area contributed by atoms with Crippen molar-refractivity contribution < 1.29 is 4.74 Å². The summed E-state index contributed by atoms with van der Waals surface area (Å²) >= 11 is 6.02. The molecule has 0 radical (unpaired) electrons. The molecule has 0 aromatic rings. The number of nitrogens with zero attached hydrogens (tertiary/aromatic N) is 1. The smallest absolute Gasteiger partial charge is 0.0594 e. The second-order valence-corrected chi connectivity index (χ2v) is 3.54. The van der Waals surface area contributed by atoms with E-state index in [1.54, 1.807) is 0 Å². The first-order valence-corrected chi connectivity index (χ1v) is 4.70. The molecule has 0 amide bonds. The molecule has 1 saturated heterocycles. The Morgan fingerprint density at radius 2 is 2.00 bits per heavy atom. The zero-order valence-electron chi connectivity index (χ0n) is 7.46. The molecule has 0 aliphatic carbocycles. The molecule has 0 bridgehead atoms. The molecular formula is C8H17Cl2NO. The number of alkyl halides is 1. The summed E-state index contributed by atoms with van der Waals surface area (Å²) in [5.74, 6) is 0. The summed E-state index contributed by atoms with van der Waals surface area (Å²) in [7, 11) is 0. The molecular weight excluding hydrogens is 197 g/mol. The topological polar surface area (TPSA) is 12.5 Å². The average molecular weight is 214 g/mol. The number of hydrogen-bond donors (Lipinski definition) is 0. The minimum atomic E-state index is 0. The van der Waals surface area contributed by atoms with Gasteiger partial charge in [0.15, 0.2) is 0 Å². The predicted molar refractivity (Wildman–Crippen MR) is 54.4 cm³/mol. The van der Waals surface area contributed by atoms with E-state index in [1.165, 1.54) is 0 Å². The molecule has 1 heterocycles. The van der Waals surface area contributed by atoms with Gasteiger partial charge < -0.3 is 4.74 Å². The lowest BCUT2D eigenvalue weighted by Gasteiger charge is -2.27. The van der Waals surface area contributed by atoms with Gasteiger partial charge in [-0.05, 0) is 6.42 Å². The molecule has 1 aliphatic rings. The van der Waals surface area contributed by atoms with Crippen molar-refractivity contribution in [2.45, 2.75) is 18.7 Å². The van der Waals surface area contributed by atoms with E-state index in [2.05, 4.69) is 11.8 Å². The van der Waals surface area contributed by atoms with E-state index >= 15 is 0 Å². The van der Waals surface area contributed by atoms with Crippen LogP contribution in [0, 0.1) is 0 Å². The van der Waals surface area contributed by atoms with Gasteiger partial charge in [-0.25, -0.2) is 0 Å². The van der Waals surface area contributed by atoms with Gasteiger partial charge in [0, 0.05) is 25.0 Å². The molecule has 0 aromatic heterocycles. The summed E-state index contributed by atoms with van der Waals surface area (Å²) in [4.78, 5) is 2.37. The van der Waals surface area contributed by atoms with Crippen molar-refractivity contribution in [1.29, 1.82) is 0 Å². The molecule has 1 rings (SSSR count). The van der Waals surface area contributed by atoms with E-state index < -0.39 is 0 Å². The van der Waals surface area contributed by atoms with Crippen LogP contribution in [0.3, 0.4) is 0 Å². The van der Waals surface area contributed by atoms with Crippen molar-refractivity contribution >= 4 is 24.0 Å². The van der Waals surface area contributed by atoms with Gasteiger partial charge in [0.1, 0.15) is 0 Å². The molecule has 1 atom stereocenters. The second kappa shape index (κ2) is 6.96. The van der Waals surface area contributed by atoms with Gasteiger partial charge in [-0.1, -0.05) is 6.92 Å². The standard InChI is InChI=1S/C8H16ClNO.ClH/c1-2-8(9)7-10-3-5-11-6-4-10;/h8H,2-7H2,1H3;1H. The first-order valence-electron chi connectivity index (χ1n) is 4.27. The molecule has 0 aromatic carbocycles. The Morgan fingerprint density at radius 1 is 1.42 bits per heavy atom. The van der Waals surface area contributed by atoms with Crippen LogP contribution in [0.1, 0.15) is 13.3 Å². The lowest BCUT2D eigenvalue weighted by molar-refractivity contribution is 0.0378. The van der Waals surface area contributed by atoms with Crippen LogP contribution in [-0.4, -0.2) is 43.1 Å². The molecule has 12 heavy (non-hydrogen) atoms. The highest BCUT2D eigenvalue weighted by Crippen LogP contribution is 2.05. The van der Waals surface area contributed by atoms with Crippen LogP contribution in [0.25, 0.3) is 0 Å². The third kappa shape index (κ3) is 4.51. The van der Waals surface area contributed by atoms with Crippen molar-refractivity contribution in [2.24, 2.45) is 0 Å². The molecule has 0 spiro atoms. The highest BCUT2D eigenvalue weighted by molar-refractivity contribution is 6.20. The number of hydrogen-bond acceptors (Lipinski definition) is 2. The van der Waals surface area contributed by atoms with Gasteiger partial charge in [0.2, 0.25) is 0 Å². The molecule has 0 saturated carbocycles. The Labute approximate surface area is 85.6 Å². The van der Waals surface area contributed by atoms with Crippen molar-refractivity contribution in [2.75, 3.05) is 32.8 Å². The van der Waals surface area contributed by atoms with E-state index in [-0.39, 0.29) is 12.4 Å². The maximum absolute atomic E-state index is 6.02. The first-order chi connectivity index (χ1) is 5.33. The molecule has 74 valence electrons. The molecule has 1 unspecified atom stereocenters. The minimum absolute atomic E-state index is 0. The minimum Gasteiger partial charge on any atom is -0.379 e. The van der Waals surface area contributed by atoms with Crippen molar-refractivity contribution in [3.05, 3.63) is 0 Å². The van der Waals surface area contributed by atoms with Gasteiger partial charge in [0.25, 0.3) is 0 Å². The zero-order chi connectivity index (χ0) is 8.10. The summed E-state index contributed by atoms with van der Waals surface area (Å²) < 4.78 is 5.23. The van der Waals surface area contributed by atoms with Crippen LogP contribution in [0.4, 0.5) is 0 Å². The third-order valence-corrected chi connectivity index (χ3v) is 2.45. The normalized spacial score (nSPS) is 21.5. The van der Waals surface area contributed by atoms with Crippen LogP contribution >= 0.6 is 24.0 Å². The zero-order valence-corrected chi connectivity index (χ0v) is 9.03. The van der Waals surface area contributed by atoms with Crippen LogP contribution in [0.2, 0.25) is 0 Å². The van der Waals surface area contributed by atoms with E-state index in [0.29, 0.717) is 5.38 Å². The molecule has 2 nitrogen and oxygen atoms in total. The number of ether oxygens (including phenoxy) is 1. The number of rotatable bonds is 3. The average Bonchev–Trinajstić information content (AvgIpc) is 2.06. The van der Waals surface area contributed by atoms with Crippen LogP contribution in [0.15, 0.2) is 0 Å². The molecule has 1 fully saturated rings. The predicted octanol–water partition coefficient (Wildman–Crippen LogP) is 1.76. The first kappa shape index (κ1) is 12.5. The van der Waals surface area contributed by atoms with Crippen LogP contribution in [-0.2, 0) is 4.74 Å². The highest BCUT2D eigenvalue weighted by atomic mass is 35.5. The summed E-state index contributed by atoms with van der Waals surface area (Å²) in [6, 6.07) is 0. The summed E-state index contributed by atoms with van der Waals surface area (Å²) in [5, 5.41) is 0.313. The lowest BCUT2D eigenvalue weighted by Crippen LogP contribution is -2.39. The summed E-state index contributed by atoms with van der Waals surface area (Å²) in [6.07, 6.45) is 1.05. The Kier molecular flexibility index (Phi) is 7.25. The van der Waals surface area contributed by atoms with Gasteiger partial charge in [0.05, 0.1) is 13.2 Å². The quantitative estimate of drug-likeness (QED) is 0.663. The maximum atomic E-state index is 6.02. The van der Waals surface area contributed by atoms with Gasteiger partial charge in [-0.3, -0.25) is 4.90 Å². The fourth-order valence-corrected chi connectivity index (χ4v) is 1.39. The molecule has 1 aliphatic heterocycles. The Bertz CT molecular complexity index is 107. The van der Waals surface area contributed by atoms with E-state index in [0.717, 1.165) is 39.3 Å². The third-order valence-electron chi connectivity index (χ3n) is 2.00. The molecule has 4 heteroatoms. The van der Waals surface area contributed by atoms with Crippen LogP contribution < -0.4 is 0 Å². The monoisotopic (exact) mass is 213 g/mol. The largest absolute Gasteiger partial charge is 0.379 e. The van der Waals surface area contributed by atoms with E-state index in [9.17, 15) is 0 Å². The lowest BCUT2D eigenvalue weighted by atomic mass is 10.3. The molecule has 0 N–H and O–H groups in total. The Hall–Kier alpha value is 0.500. The summed E-state index contributed by atoms with van der Waals surface area (Å²) in [6.45, 7) is 6.96. The number of morpholine rings is 1. The van der Waals surface area contributed by atoms with Gasteiger partial charge >= 0.3 is 0 Å². The van der Waals surface area contributed by atoms with E-state index in [1.807, 2.05) is 0 Å². The van der Waals surface area contributed by atoms with E-state index in [4.69, 9.17) is 16.3 Å². The van der Waals surface area contributed by atoms with Gasteiger partial charge in [-0.15, -0.1) is 24.0 Å². The summed E-state index contributed by atoms with van der Waals surface area (Å²) in [5.41, 5.74) is 0. The van der Waals surface area contributed by atoms with Crippen molar-refractivity contribution in [1.82, 2.24) is 4.90 Å². The fraction of sp³-hybridized carbons (Fsp3) is 1.00. The van der Waals surface area contributed by atoms with Crippen LogP contribution in [0.5, 0.6) is 0 Å². The van der Waals surface area contributed by atoms with Crippen molar-refractivity contribution in [3.8, 4) is 0 Å². The Balaban J connectivity index is 0.00000121. The number of halogens is 2. The van der Waals surface area contributed by atoms with Crippen molar-refractivity contribution in [3.63, 3.8) is 0 Å². The Morgan fingerprint density at radius 3 is 2.50 bits per heavy atom. The second-order valence-electron chi connectivity index (χ2n) is 2.92. The maximum Gasteiger partial charge on any atom is 0.0594 e.